The lowest BCUT2D eigenvalue weighted by molar-refractivity contribution is -0.141. The Kier molecular flexibility index (Phi) is 4.35. The maximum Gasteiger partial charge on any atom is 0.433 e. The van der Waals surface area contributed by atoms with Crippen molar-refractivity contribution in [3.8, 4) is 17.2 Å². The van der Waals surface area contributed by atoms with E-state index < -0.39 is 11.9 Å². The molecule has 0 amide bonds. The van der Waals surface area contributed by atoms with E-state index in [0.717, 1.165) is 11.6 Å². The van der Waals surface area contributed by atoms with Crippen LogP contribution in [0, 0.1) is 6.92 Å². The summed E-state index contributed by atoms with van der Waals surface area (Å²) in [6.07, 6.45) is -1.78. The number of hydrogen-bond donors (Lipinski definition) is 0. The maximum absolute atomic E-state index is 13.2. The summed E-state index contributed by atoms with van der Waals surface area (Å²) in [5.74, 6) is -0.120. The molecule has 0 aliphatic rings. The summed E-state index contributed by atoms with van der Waals surface area (Å²) in [6.45, 7) is 1.77. The quantitative estimate of drug-likeness (QED) is 0.584. The van der Waals surface area contributed by atoms with Gasteiger partial charge in [0, 0.05) is 16.8 Å². The number of hydrogen-bond acceptors (Lipinski definition) is 3. The first kappa shape index (κ1) is 16.9. The van der Waals surface area contributed by atoms with E-state index in [1.54, 1.807) is 25.1 Å². The molecule has 0 saturated heterocycles. The van der Waals surface area contributed by atoms with Crippen molar-refractivity contribution >= 4 is 27.5 Å². The van der Waals surface area contributed by atoms with Crippen LogP contribution in [0.15, 0.2) is 41.4 Å². The lowest BCUT2D eigenvalue weighted by Gasteiger charge is -2.11. The number of imidazole rings is 1. The van der Waals surface area contributed by atoms with E-state index in [2.05, 4.69) is 30.9 Å². The number of benzene rings is 1. The molecule has 0 spiro atoms. The number of alkyl halides is 3. The third-order valence-corrected chi connectivity index (χ3v) is 4.07. The first-order valence-electron chi connectivity index (χ1n) is 6.67. The number of aromatic nitrogens is 4. The largest absolute Gasteiger partial charge is 0.433 e. The van der Waals surface area contributed by atoms with Crippen molar-refractivity contribution in [2.24, 2.45) is 0 Å². The Labute approximate surface area is 148 Å². The summed E-state index contributed by atoms with van der Waals surface area (Å²) in [6, 6.07) is 5.83. The monoisotopic (exact) mass is 416 g/mol. The van der Waals surface area contributed by atoms with Gasteiger partial charge in [0.2, 0.25) is 5.95 Å². The fourth-order valence-corrected chi connectivity index (χ4v) is 2.48. The summed E-state index contributed by atoms with van der Waals surface area (Å²) >= 11 is 9.12. The second kappa shape index (κ2) is 6.18. The minimum atomic E-state index is -4.59. The average molecular weight is 418 g/mol. The Balaban J connectivity index is 2.19. The topological polar surface area (TPSA) is 43.6 Å². The molecule has 0 aliphatic carbocycles. The third-order valence-electron chi connectivity index (χ3n) is 3.24. The van der Waals surface area contributed by atoms with Gasteiger partial charge in [-0.1, -0.05) is 17.7 Å². The fourth-order valence-electron chi connectivity index (χ4n) is 2.06. The zero-order valence-electron chi connectivity index (χ0n) is 12.1. The van der Waals surface area contributed by atoms with Crippen molar-refractivity contribution in [2.75, 3.05) is 0 Å². The van der Waals surface area contributed by atoms with Gasteiger partial charge in [0.15, 0.2) is 5.69 Å². The van der Waals surface area contributed by atoms with Crippen LogP contribution in [-0.4, -0.2) is 19.5 Å². The van der Waals surface area contributed by atoms with Gasteiger partial charge in [-0.3, -0.25) is 4.57 Å². The Morgan fingerprint density at radius 3 is 2.50 bits per heavy atom. The summed E-state index contributed by atoms with van der Waals surface area (Å²) in [5, 5.41) is 0.530. The van der Waals surface area contributed by atoms with Crippen LogP contribution < -0.4 is 0 Å². The molecule has 124 valence electrons. The van der Waals surface area contributed by atoms with Crippen LogP contribution in [0.4, 0.5) is 13.2 Å². The van der Waals surface area contributed by atoms with Gasteiger partial charge >= 0.3 is 6.18 Å². The van der Waals surface area contributed by atoms with E-state index in [4.69, 9.17) is 11.6 Å². The van der Waals surface area contributed by atoms with Crippen LogP contribution in [0.25, 0.3) is 17.2 Å². The molecule has 3 rings (SSSR count). The van der Waals surface area contributed by atoms with Crippen molar-refractivity contribution in [3.05, 3.63) is 57.7 Å². The highest BCUT2D eigenvalue weighted by molar-refractivity contribution is 9.10. The van der Waals surface area contributed by atoms with Crippen molar-refractivity contribution in [2.45, 2.75) is 13.1 Å². The summed E-state index contributed by atoms with van der Waals surface area (Å²) < 4.78 is 41.3. The van der Waals surface area contributed by atoms with Crippen molar-refractivity contribution in [3.63, 3.8) is 0 Å². The molecular formula is C15H9BrClF3N4. The van der Waals surface area contributed by atoms with E-state index in [0.29, 0.717) is 15.2 Å². The zero-order chi connectivity index (χ0) is 17.5. The minimum absolute atomic E-state index is 0.120. The van der Waals surface area contributed by atoms with E-state index in [1.165, 1.54) is 17.1 Å². The first-order valence-corrected chi connectivity index (χ1v) is 7.84. The number of nitrogens with zero attached hydrogens (tertiary/aromatic N) is 4. The standard InChI is InChI=1S/C15H9BrClF3N4/c1-8-4-9(2-3-10(8)17)11-5-12(15(18,19)20)23-14(22-11)24-6-13(16)21-7-24/h2-7H,1H3. The Bertz CT molecular complexity index is 908. The maximum atomic E-state index is 13.2. The summed E-state index contributed by atoms with van der Waals surface area (Å²) in [4.78, 5) is 11.7. The van der Waals surface area contributed by atoms with E-state index in [1.807, 2.05) is 0 Å². The van der Waals surface area contributed by atoms with E-state index in [-0.39, 0.29) is 11.6 Å². The van der Waals surface area contributed by atoms with Crippen LogP contribution in [-0.2, 0) is 6.18 Å². The van der Waals surface area contributed by atoms with Crippen LogP contribution in [0.2, 0.25) is 5.02 Å². The zero-order valence-corrected chi connectivity index (χ0v) is 14.5. The third kappa shape index (κ3) is 3.44. The van der Waals surface area contributed by atoms with Gasteiger partial charge in [-0.05, 0) is 46.6 Å². The van der Waals surface area contributed by atoms with Crippen molar-refractivity contribution in [1.29, 1.82) is 0 Å². The molecule has 0 radical (unpaired) electrons. The SMILES string of the molecule is Cc1cc(-c2cc(C(F)(F)F)nc(-n3cnc(Br)c3)n2)ccc1Cl. The predicted molar refractivity (Wildman–Crippen MR) is 87.0 cm³/mol. The van der Waals surface area contributed by atoms with Crippen molar-refractivity contribution < 1.29 is 13.2 Å². The number of rotatable bonds is 2. The predicted octanol–water partition coefficient (Wildman–Crippen LogP) is 5.07. The Morgan fingerprint density at radius 2 is 1.92 bits per heavy atom. The molecule has 0 saturated carbocycles. The lowest BCUT2D eigenvalue weighted by Crippen LogP contribution is -2.12. The van der Waals surface area contributed by atoms with Gasteiger partial charge in [0.05, 0.1) is 5.69 Å². The highest BCUT2D eigenvalue weighted by Crippen LogP contribution is 2.32. The molecule has 0 bridgehead atoms. The summed E-state index contributed by atoms with van der Waals surface area (Å²) in [7, 11) is 0. The number of aryl methyl sites for hydroxylation is 1. The molecule has 3 aromatic rings. The second-order valence-corrected chi connectivity index (χ2v) is 6.22. The van der Waals surface area contributed by atoms with Gasteiger partial charge in [-0.15, -0.1) is 0 Å². The minimum Gasteiger partial charge on any atom is -0.273 e. The first-order chi connectivity index (χ1) is 11.2. The second-order valence-electron chi connectivity index (χ2n) is 5.00. The fraction of sp³-hybridized carbons (Fsp3) is 0.133. The van der Waals surface area contributed by atoms with Crippen LogP contribution in [0.1, 0.15) is 11.3 Å². The van der Waals surface area contributed by atoms with E-state index in [9.17, 15) is 13.2 Å². The summed E-state index contributed by atoms with van der Waals surface area (Å²) in [5.41, 5.74) is 0.385. The van der Waals surface area contributed by atoms with Gasteiger partial charge in [0.25, 0.3) is 0 Å². The van der Waals surface area contributed by atoms with Crippen LogP contribution in [0.3, 0.4) is 0 Å². The molecule has 2 aromatic heterocycles. The van der Waals surface area contributed by atoms with Gasteiger partial charge < -0.3 is 0 Å². The molecule has 2 heterocycles. The molecule has 0 fully saturated rings. The van der Waals surface area contributed by atoms with E-state index >= 15 is 0 Å². The molecule has 0 N–H and O–H groups in total. The lowest BCUT2D eigenvalue weighted by atomic mass is 10.1. The molecule has 9 heteroatoms. The Morgan fingerprint density at radius 1 is 1.17 bits per heavy atom. The molecule has 1 aromatic carbocycles. The molecular weight excluding hydrogens is 409 g/mol. The molecule has 24 heavy (non-hydrogen) atoms. The molecule has 0 aliphatic heterocycles. The average Bonchev–Trinajstić information content (AvgIpc) is 2.95. The van der Waals surface area contributed by atoms with Gasteiger partial charge in [0.1, 0.15) is 10.9 Å². The van der Waals surface area contributed by atoms with Crippen LogP contribution in [0.5, 0.6) is 0 Å². The van der Waals surface area contributed by atoms with Crippen molar-refractivity contribution in [1.82, 2.24) is 19.5 Å². The molecule has 0 unspecified atom stereocenters. The van der Waals surface area contributed by atoms with Gasteiger partial charge in [-0.25, -0.2) is 15.0 Å². The molecule has 0 atom stereocenters. The highest BCUT2D eigenvalue weighted by atomic mass is 79.9. The molecule has 4 nitrogen and oxygen atoms in total. The smallest absolute Gasteiger partial charge is 0.273 e. The number of halogens is 5. The van der Waals surface area contributed by atoms with Crippen LogP contribution >= 0.6 is 27.5 Å². The van der Waals surface area contributed by atoms with Gasteiger partial charge in [-0.2, -0.15) is 13.2 Å². The highest BCUT2D eigenvalue weighted by Gasteiger charge is 2.34. The Hall–Kier alpha value is -1.93. The normalized spacial score (nSPS) is 11.8.